The predicted octanol–water partition coefficient (Wildman–Crippen LogP) is 3.00. The highest BCUT2D eigenvalue weighted by atomic mass is 19.4. The van der Waals surface area contributed by atoms with Crippen LogP contribution in [0.1, 0.15) is 25.7 Å². The second-order valence-corrected chi connectivity index (χ2v) is 3.86. The molecule has 1 N–H and O–H groups in total. The smallest absolute Gasteiger partial charge is 0.391 e. The molecule has 86 valence electrons. The van der Waals surface area contributed by atoms with Crippen molar-refractivity contribution in [2.75, 3.05) is 0 Å². The average Bonchev–Trinajstić information content (AvgIpc) is 2.14. The largest absolute Gasteiger partial charge is 0.478 e. The van der Waals surface area contributed by atoms with Crippen LogP contribution in [0.4, 0.5) is 13.2 Å². The van der Waals surface area contributed by atoms with Crippen LogP contribution in [0.3, 0.4) is 0 Å². The molecule has 2 atom stereocenters. The summed E-state index contributed by atoms with van der Waals surface area (Å²) in [6.07, 6.45) is -0.483. The van der Waals surface area contributed by atoms with Gasteiger partial charge in [0, 0.05) is 6.08 Å². The van der Waals surface area contributed by atoms with E-state index < -0.39 is 18.1 Å². The van der Waals surface area contributed by atoms with Crippen LogP contribution in [0.5, 0.6) is 0 Å². The lowest BCUT2D eigenvalue weighted by Crippen LogP contribution is -2.28. The lowest BCUT2D eigenvalue weighted by molar-refractivity contribution is -0.184. The first-order valence-electron chi connectivity index (χ1n) is 4.87. The van der Waals surface area contributed by atoms with Crippen molar-refractivity contribution in [3.63, 3.8) is 0 Å². The van der Waals surface area contributed by atoms with Gasteiger partial charge in [0.1, 0.15) is 0 Å². The summed E-state index contributed by atoms with van der Waals surface area (Å²) in [6.45, 7) is 0. The van der Waals surface area contributed by atoms with Crippen LogP contribution in [0.2, 0.25) is 0 Å². The highest BCUT2D eigenvalue weighted by Gasteiger charge is 2.41. The zero-order valence-corrected chi connectivity index (χ0v) is 8.13. The number of allylic oxidation sites excluding steroid dienone is 1. The van der Waals surface area contributed by atoms with E-state index >= 15 is 0 Å². The summed E-state index contributed by atoms with van der Waals surface area (Å²) in [5.41, 5.74) is 0. The summed E-state index contributed by atoms with van der Waals surface area (Å²) < 4.78 is 37.1. The van der Waals surface area contributed by atoms with Crippen LogP contribution in [-0.2, 0) is 4.79 Å². The monoisotopic (exact) mass is 222 g/mol. The first-order valence-corrected chi connectivity index (χ1v) is 4.87. The first kappa shape index (κ1) is 12.1. The zero-order chi connectivity index (χ0) is 11.5. The molecular weight excluding hydrogens is 209 g/mol. The Bertz CT molecular complexity index is 258. The number of hydrogen-bond donors (Lipinski definition) is 1. The number of rotatable bonds is 2. The highest BCUT2D eigenvalue weighted by Crippen LogP contribution is 2.40. The number of aliphatic carboxylic acids is 1. The third-order valence-electron chi connectivity index (χ3n) is 2.69. The van der Waals surface area contributed by atoms with Gasteiger partial charge in [0.05, 0.1) is 5.92 Å². The molecule has 1 aliphatic rings. The Morgan fingerprint density at radius 1 is 1.33 bits per heavy atom. The second-order valence-electron chi connectivity index (χ2n) is 3.86. The molecular formula is C10H13F3O2. The Morgan fingerprint density at radius 3 is 2.53 bits per heavy atom. The molecule has 15 heavy (non-hydrogen) atoms. The van der Waals surface area contributed by atoms with Crippen molar-refractivity contribution in [3.8, 4) is 0 Å². The molecule has 0 aliphatic heterocycles. The molecule has 0 aromatic carbocycles. The van der Waals surface area contributed by atoms with Crippen LogP contribution >= 0.6 is 0 Å². The minimum absolute atomic E-state index is 0.0211. The van der Waals surface area contributed by atoms with Crippen molar-refractivity contribution in [1.82, 2.24) is 0 Å². The molecule has 0 radical (unpaired) electrons. The molecule has 1 saturated carbocycles. The zero-order valence-electron chi connectivity index (χ0n) is 8.13. The van der Waals surface area contributed by atoms with Gasteiger partial charge in [-0.1, -0.05) is 12.5 Å². The number of carbonyl (C=O) groups is 1. The summed E-state index contributed by atoms with van der Waals surface area (Å²) in [4.78, 5) is 10.2. The number of carboxylic acids is 1. The van der Waals surface area contributed by atoms with Gasteiger partial charge >= 0.3 is 12.1 Å². The lowest BCUT2D eigenvalue weighted by atomic mass is 9.81. The van der Waals surface area contributed by atoms with Gasteiger partial charge < -0.3 is 5.11 Å². The van der Waals surface area contributed by atoms with E-state index in [1.165, 1.54) is 6.08 Å². The maximum atomic E-state index is 12.4. The molecule has 5 heteroatoms. The van der Waals surface area contributed by atoms with Gasteiger partial charge in [0.15, 0.2) is 0 Å². The van der Waals surface area contributed by atoms with Gasteiger partial charge in [-0.2, -0.15) is 13.2 Å². The Hall–Kier alpha value is -1.00. The standard InChI is InChI=1S/C10H13F3O2/c11-10(12,13)8-3-1-2-7(6-8)4-5-9(14)15/h4-5,7-8H,1-3,6H2,(H,14,15)/b5-4+. The molecule has 2 unspecified atom stereocenters. The molecule has 2 nitrogen and oxygen atoms in total. The number of alkyl halides is 3. The summed E-state index contributed by atoms with van der Waals surface area (Å²) in [6, 6.07) is 0. The maximum absolute atomic E-state index is 12.4. The topological polar surface area (TPSA) is 37.3 Å². The van der Waals surface area contributed by atoms with Gasteiger partial charge in [0.25, 0.3) is 0 Å². The van der Waals surface area contributed by atoms with E-state index in [9.17, 15) is 18.0 Å². The molecule has 0 aromatic rings. The quantitative estimate of drug-likeness (QED) is 0.729. The third-order valence-corrected chi connectivity index (χ3v) is 2.69. The molecule has 0 saturated heterocycles. The summed E-state index contributed by atoms with van der Waals surface area (Å²) in [7, 11) is 0. The van der Waals surface area contributed by atoms with E-state index in [1.54, 1.807) is 0 Å². The molecule has 1 rings (SSSR count). The first-order chi connectivity index (χ1) is 6.89. The van der Waals surface area contributed by atoms with Crippen LogP contribution in [0, 0.1) is 11.8 Å². The van der Waals surface area contributed by atoms with Crippen molar-refractivity contribution >= 4 is 5.97 Å². The van der Waals surface area contributed by atoms with E-state index in [-0.39, 0.29) is 18.8 Å². The summed E-state index contributed by atoms with van der Waals surface area (Å²) >= 11 is 0. The SMILES string of the molecule is O=C(O)/C=C/C1CCCC(C(F)(F)F)C1. The van der Waals surface area contributed by atoms with Crippen molar-refractivity contribution in [1.29, 1.82) is 0 Å². The van der Waals surface area contributed by atoms with Crippen LogP contribution in [-0.4, -0.2) is 17.3 Å². The maximum Gasteiger partial charge on any atom is 0.391 e. The number of carboxylic acid groups (broad SMARTS) is 1. The molecule has 0 heterocycles. The van der Waals surface area contributed by atoms with Crippen molar-refractivity contribution < 1.29 is 23.1 Å². The Kier molecular flexibility index (Phi) is 3.77. The van der Waals surface area contributed by atoms with Crippen LogP contribution in [0.25, 0.3) is 0 Å². The van der Waals surface area contributed by atoms with Gasteiger partial charge in [-0.15, -0.1) is 0 Å². The third kappa shape index (κ3) is 3.93. The predicted molar refractivity (Wildman–Crippen MR) is 48.3 cm³/mol. The van der Waals surface area contributed by atoms with Gasteiger partial charge in [0.2, 0.25) is 0 Å². The Balaban J connectivity index is 2.53. The fraction of sp³-hybridized carbons (Fsp3) is 0.700. The Morgan fingerprint density at radius 2 is 2.00 bits per heavy atom. The molecule has 1 aliphatic carbocycles. The minimum atomic E-state index is -4.14. The average molecular weight is 222 g/mol. The van der Waals surface area contributed by atoms with E-state index in [4.69, 9.17) is 5.11 Å². The lowest BCUT2D eigenvalue weighted by Gasteiger charge is -2.28. The second kappa shape index (κ2) is 4.68. The molecule has 1 fully saturated rings. The summed E-state index contributed by atoms with van der Waals surface area (Å²) in [5, 5.41) is 8.36. The fourth-order valence-electron chi connectivity index (χ4n) is 1.92. The van der Waals surface area contributed by atoms with E-state index in [2.05, 4.69) is 0 Å². The van der Waals surface area contributed by atoms with E-state index in [0.717, 1.165) is 6.08 Å². The number of halogens is 3. The van der Waals surface area contributed by atoms with E-state index in [1.807, 2.05) is 0 Å². The van der Waals surface area contributed by atoms with Crippen molar-refractivity contribution in [3.05, 3.63) is 12.2 Å². The van der Waals surface area contributed by atoms with Gasteiger partial charge in [-0.25, -0.2) is 4.79 Å². The van der Waals surface area contributed by atoms with E-state index in [0.29, 0.717) is 12.8 Å². The van der Waals surface area contributed by atoms with Crippen LogP contribution in [0.15, 0.2) is 12.2 Å². The minimum Gasteiger partial charge on any atom is -0.478 e. The van der Waals surface area contributed by atoms with Crippen molar-refractivity contribution in [2.45, 2.75) is 31.9 Å². The molecule has 0 aromatic heterocycles. The molecule has 0 amide bonds. The summed E-state index contributed by atoms with van der Waals surface area (Å²) in [5.74, 6) is -2.62. The Labute approximate surface area is 85.8 Å². The van der Waals surface area contributed by atoms with Crippen LogP contribution < -0.4 is 0 Å². The number of hydrogen-bond acceptors (Lipinski definition) is 1. The molecule has 0 bridgehead atoms. The van der Waals surface area contributed by atoms with Crippen molar-refractivity contribution in [2.24, 2.45) is 11.8 Å². The van der Waals surface area contributed by atoms with Gasteiger partial charge in [-0.3, -0.25) is 0 Å². The molecule has 0 spiro atoms. The normalized spacial score (nSPS) is 28.2. The fourth-order valence-corrected chi connectivity index (χ4v) is 1.92. The highest BCUT2D eigenvalue weighted by molar-refractivity contribution is 5.79. The van der Waals surface area contributed by atoms with Gasteiger partial charge in [-0.05, 0) is 25.2 Å².